The summed E-state index contributed by atoms with van der Waals surface area (Å²) >= 11 is 0. The van der Waals surface area contributed by atoms with Gasteiger partial charge in [-0.15, -0.1) is 9.24 Å². The van der Waals surface area contributed by atoms with Gasteiger partial charge in [-0.3, -0.25) is 4.79 Å². The third-order valence-electron chi connectivity index (χ3n) is 27.6. The van der Waals surface area contributed by atoms with Gasteiger partial charge in [-0.25, -0.2) is 0 Å². The van der Waals surface area contributed by atoms with Crippen LogP contribution in [0.25, 0.3) is 0 Å². The first-order valence-electron chi connectivity index (χ1n) is 35.8. The van der Waals surface area contributed by atoms with Crippen molar-refractivity contribution in [2.24, 2.45) is 117 Å². The monoisotopic (exact) mass is 1230 g/mol. The number of aliphatic hydroxyl groups is 4. The van der Waals surface area contributed by atoms with Gasteiger partial charge >= 0.3 is 0 Å². The van der Waals surface area contributed by atoms with Crippen LogP contribution in [0, 0.1) is 117 Å². The van der Waals surface area contributed by atoms with E-state index < -0.39 is 16.8 Å². The summed E-state index contributed by atoms with van der Waals surface area (Å²) < 4.78 is 28.3. The minimum absolute atomic E-state index is 0. The quantitative estimate of drug-likeness (QED) is 0.140. The first-order valence-corrected chi connectivity index (χ1v) is 35.2. The van der Waals surface area contributed by atoms with E-state index in [0.29, 0.717) is 73.6 Å². The molecule has 0 heterocycles. The Balaban J connectivity index is 0.000000321. The van der Waals surface area contributed by atoms with Gasteiger partial charge in [0.1, 0.15) is 5.78 Å². The molecule has 0 amide bonds. The number of hydrogen-bond acceptors (Lipinski definition) is 8. The van der Waals surface area contributed by atoms with Gasteiger partial charge in [0.25, 0.3) is 0 Å². The van der Waals surface area contributed by atoms with Crippen LogP contribution in [0.5, 0.6) is 0 Å². The summed E-state index contributed by atoms with van der Waals surface area (Å²) in [5.74, 6) is 13.6. The smallest absolute Gasteiger partial charge is 0.133 e. The zero-order valence-electron chi connectivity index (χ0n) is 55.7. The van der Waals surface area contributed by atoms with Crippen LogP contribution in [0.2, 0.25) is 0 Å². The Kier molecular flexibility index (Phi) is 29.8. The minimum atomic E-state index is -0.587. The zero-order chi connectivity index (χ0) is 60.1. The van der Waals surface area contributed by atoms with E-state index in [1.54, 1.807) is 33.8 Å². The Hall–Kier alpha value is -0.440. The predicted molar refractivity (Wildman–Crippen MR) is 369 cm³/mol. The van der Waals surface area contributed by atoms with E-state index in [0.717, 1.165) is 122 Å². The van der Waals surface area contributed by atoms with Gasteiger partial charge in [0.05, 0.1) is 42.7 Å². The van der Waals surface area contributed by atoms with E-state index in [2.05, 4.69) is 43.0 Å². The molecular weight excluding hydrogens is 1080 g/mol. The Morgan fingerprint density at radius 2 is 0.907 bits per heavy atom. The molecule has 0 aromatic heterocycles. The van der Waals surface area contributed by atoms with Gasteiger partial charge in [-0.05, 0) is 311 Å². The molecule has 0 bridgehead atoms. The second-order valence-corrected chi connectivity index (χ2v) is 31.1. The van der Waals surface area contributed by atoms with Crippen LogP contribution in [0.3, 0.4) is 0 Å². The first-order chi connectivity index (χ1) is 39.6. The normalized spacial score (nSPS) is 46.7. The van der Waals surface area contributed by atoms with E-state index in [9.17, 15) is 25.2 Å². The van der Waals surface area contributed by atoms with E-state index in [1.807, 2.05) is 13.8 Å². The molecule has 0 radical (unpaired) electrons. The third-order valence-corrected chi connectivity index (χ3v) is 27.6. The molecule has 8 nitrogen and oxygen atoms in total. The van der Waals surface area contributed by atoms with E-state index in [-0.39, 0.29) is 48.7 Å². The van der Waals surface area contributed by atoms with Crippen LogP contribution in [0.1, 0.15) is 288 Å². The Bertz CT molecular complexity index is 2080. The van der Waals surface area contributed by atoms with Crippen LogP contribution in [-0.4, -0.2) is 96.9 Å². The van der Waals surface area contributed by atoms with E-state index in [1.165, 1.54) is 148 Å². The van der Waals surface area contributed by atoms with Crippen molar-refractivity contribution >= 4 is 15.0 Å². The summed E-state index contributed by atoms with van der Waals surface area (Å²) in [6.07, 6.45) is 39.4. The number of rotatable bonds is 8. The van der Waals surface area contributed by atoms with E-state index in [4.69, 9.17) is 17.0 Å². The fourth-order valence-electron chi connectivity index (χ4n) is 24.5. The number of hydrogen-bond donors (Lipinski definition) is 4. The van der Waals surface area contributed by atoms with Crippen molar-refractivity contribution in [2.75, 3.05) is 47.8 Å². The lowest BCUT2D eigenvalue weighted by atomic mass is 9.44. The van der Waals surface area contributed by atoms with E-state index >= 15 is 0 Å². The van der Waals surface area contributed by atoms with Crippen LogP contribution in [0.15, 0.2) is 11.6 Å². The van der Waals surface area contributed by atoms with Crippen molar-refractivity contribution < 1.29 is 42.2 Å². The fraction of sp³-hybridized carbons (Fsp3) is 0.961. The van der Waals surface area contributed by atoms with Crippen LogP contribution >= 0.6 is 9.24 Å². The van der Waals surface area contributed by atoms with Crippen LogP contribution in [0.4, 0.5) is 0 Å². The van der Waals surface area contributed by atoms with Crippen LogP contribution < -0.4 is 0 Å². The summed E-state index contributed by atoms with van der Waals surface area (Å²) in [7, 11) is 7.39. The second-order valence-electron chi connectivity index (χ2n) is 31.1. The number of carbonyl (C=O) groups is 1. The SMILES string of the molecule is C.C.C.C.C.C/C=C1\CCC[C@H]2[C@@H]3CC[C@H]4C[C@@](O)(COC)CC[C@@H]4[C@H]3CC[C@]12C.COC[C@@]1(O)CC[C@H]2[C@@H](CC[C@@H]3[C@@H]2CC[C@]2(C)[C@@H](C(C)=O)CCC[C@@H]32)C1.COC[C@@]1(O)CC[C@H]2[C@@H](CC[C@@H]3[C@@H]2CC[C@]2(C)[C@@H](C(C)O)CCC[C@@H]32)C1.[2H]CC.[2H]CP. The van der Waals surface area contributed by atoms with Gasteiger partial charge in [-0.2, -0.15) is 0 Å². The predicted octanol–water partition coefficient (Wildman–Crippen LogP) is 19.1. The number of allylic oxidation sites excluding steroid dienone is 2. The molecule has 9 heteroatoms. The molecule has 25 atom stereocenters. The lowest BCUT2D eigenvalue weighted by molar-refractivity contribution is -0.151. The lowest BCUT2D eigenvalue weighted by Gasteiger charge is -2.61. The molecule has 86 heavy (non-hydrogen) atoms. The molecule has 12 fully saturated rings. The summed E-state index contributed by atoms with van der Waals surface area (Å²) in [6, 6.07) is 0. The maximum Gasteiger partial charge on any atom is 0.133 e. The van der Waals surface area contributed by atoms with Crippen molar-refractivity contribution in [1.82, 2.24) is 0 Å². The average molecular weight is 1230 g/mol. The molecular formula is C77H147O8P. The van der Waals surface area contributed by atoms with Gasteiger partial charge in [0, 0.05) is 30.0 Å². The molecule has 12 saturated carbocycles. The molecule has 0 aromatic carbocycles. The highest BCUT2D eigenvalue weighted by Gasteiger charge is 2.60. The Morgan fingerprint density at radius 1 is 0.547 bits per heavy atom. The summed E-state index contributed by atoms with van der Waals surface area (Å²) in [5.41, 5.74) is 1.16. The summed E-state index contributed by atoms with van der Waals surface area (Å²) in [5, 5.41) is 43.0. The molecule has 0 spiro atoms. The molecule has 0 aromatic rings. The lowest BCUT2D eigenvalue weighted by Crippen LogP contribution is -2.55. The van der Waals surface area contributed by atoms with Gasteiger partial charge in [0.2, 0.25) is 0 Å². The number of methoxy groups -OCH3 is 3. The Labute approximate surface area is 539 Å². The fourth-order valence-corrected chi connectivity index (χ4v) is 24.5. The topological polar surface area (TPSA) is 126 Å². The molecule has 4 N–H and O–H groups in total. The van der Waals surface area contributed by atoms with Crippen LogP contribution in [-0.2, 0) is 19.0 Å². The van der Waals surface area contributed by atoms with Crippen molar-refractivity contribution in [3.8, 4) is 0 Å². The standard InChI is InChI=1S/C23H40O3.C23H38O3.C23H38O2.C2H6.CH5P.5CH4/c2*1-15(24)20-5-4-6-21-19-8-7-16-13-23(25,14-26-3)12-10-17(16)18(19)9-11-22(20,21)2;1-4-17-6-5-7-21-20-9-8-16-14-23(24,15-25-3)13-11-18(16)19(20)10-12-22(17,21)2;2*1-2;;;;;/h15-21,24-25H,4-14H2,1-3H3;16-21,25H,4-14H2,1-3H3;4,16,18-21,24H,5-15H2,1-3H3;1-2H3;2H2,1H3;5*1H4/b;;17-4+;;;;;;;/t15?,16-,17-,18+,19+,20+,21-,22+,23+;16-,17-,18+,19+,20+,21-,22+,23+;16-,18-,19+,20+,21-,22+,23+;;;;;;;/m000......./s1/i;;;2*1D;;;;;. The highest BCUT2D eigenvalue weighted by molar-refractivity contribution is 7.15. The number of ether oxygens (including phenoxy) is 3. The first kappa shape index (κ1) is 76.3. The third kappa shape index (κ3) is 15.9. The number of Topliss-reactive ketones (excluding diaryl/α,β-unsaturated/α-hetero) is 1. The Morgan fingerprint density at radius 3 is 1.30 bits per heavy atom. The van der Waals surface area contributed by atoms with Crippen molar-refractivity contribution in [3.05, 3.63) is 11.6 Å². The number of fused-ring (bicyclic) bond motifs is 15. The number of aliphatic hydroxyl groups excluding tert-OH is 1. The van der Waals surface area contributed by atoms with Gasteiger partial charge in [0.15, 0.2) is 0 Å². The highest BCUT2D eigenvalue weighted by Crippen LogP contribution is 2.67. The molecule has 12 aliphatic rings. The molecule has 12 rings (SSSR count). The average Bonchev–Trinajstić information content (AvgIpc) is 0.859. The van der Waals surface area contributed by atoms with Gasteiger partial charge < -0.3 is 34.6 Å². The zero-order valence-corrected chi connectivity index (χ0v) is 54.9. The van der Waals surface area contributed by atoms with Gasteiger partial charge in [-0.1, -0.05) is 103 Å². The van der Waals surface area contributed by atoms with Crippen molar-refractivity contribution in [2.45, 2.75) is 308 Å². The summed E-state index contributed by atoms with van der Waals surface area (Å²) in [6.45, 7) is 17.9. The van der Waals surface area contributed by atoms with Crippen molar-refractivity contribution in [1.29, 1.82) is 0 Å². The molecule has 508 valence electrons. The highest BCUT2D eigenvalue weighted by atomic mass is 31.0. The molecule has 0 saturated heterocycles. The number of ketones is 1. The maximum absolute atomic E-state index is 12.3. The second kappa shape index (κ2) is 33.6. The number of carbonyl (C=O) groups excluding carboxylic acids is 1. The summed E-state index contributed by atoms with van der Waals surface area (Å²) in [4.78, 5) is 12.3. The maximum atomic E-state index is 12.3. The minimum Gasteiger partial charge on any atom is -0.393 e. The molecule has 12 aliphatic carbocycles. The largest absolute Gasteiger partial charge is 0.393 e. The molecule has 2 unspecified atom stereocenters. The molecule has 0 aliphatic heterocycles. The van der Waals surface area contributed by atoms with Crippen molar-refractivity contribution in [3.63, 3.8) is 0 Å².